The summed E-state index contributed by atoms with van der Waals surface area (Å²) in [6.07, 6.45) is 0.452. The number of halogens is 1. The predicted octanol–water partition coefficient (Wildman–Crippen LogP) is 3.00. The van der Waals surface area contributed by atoms with Gasteiger partial charge in [-0.25, -0.2) is 8.42 Å². The number of carbonyl (C=O) groups is 1. The normalized spacial score (nSPS) is 18.8. The molecule has 1 aliphatic heterocycles. The van der Waals surface area contributed by atoms with Gasteiger partial charge in [-0.15, -0.1) is 21.5 Å². The highest BCUT2D eigenvalue weighted by Gasteiger charge is 2.29. The zero-order valence-electron chi connectivity index (χ0n) is 13.8. The van der Waals surface area contributed by atoms with Crippen molar-refractivity contribution in [3.05, 3.63) is 29.3 Å². The van der Waals surface area contributed by atoms with Gasteiger partial charge in [0, 0.05) is 16.1 Å². The molecular formula is C16H14ClN3O4S3. The molecular weight excluding hydrogens is 430 g/mol. The van der Waals surface area contributed by atoms with Crippen molar-refractivity contribution in [2.24, 2.45) is 0 Å². The number of thioether (sulfide) groups is 1. The third kappa shape index (κ3) is 4.13. The first-order valence-corrected chi connectivity index (χ1v) is 12.0. The van der Waals surface area contributed by atoms with Crippen LogP contribution >= 0.6 is 34.7 Å². The summed E-state index contributed by atoms with van der Waals surface area (Å²) in [4.78, 5) is 12.7. The van der Waals surface area contributed by atoms with Crippen LogP contribution < -0.4 is 5.32 Å². The molecule has 1 atom stereocenters. The van der Waals surface area contributed by atoms with Crippen LogP contribution in [0.4, 0.5) is 0 Å². The van der Waals surface area contributed by atoms with Crippen molar-refractivity contribution in [3.63, 3.8) is 0 Å². The Kier molecular flexibility index (Phi) is 5.15. The zero-order valence-corrected chi connectivity index (χ0v) is 17.1. The molecule has 11 heteroatoms. The van der Waals surface area contributed by atoms with E-state index in [9.17, 15) is 13.2 Å². The van der Waals surface area contributed by atoms with Gasteiger partial charge in [-0.3, -0.25) is 4.79 Å². The maximum atomic E-state index is 12.0. The molecule has 2 aromatic heterocycles. The number of sulfone groups is 1. The maximum absolute atomic E-state index is 12.0. The highest BCUT2D eigenvalue weighted by molar-refractivity contribution is 7.99. The van der Waals surface area contributed by atoms with E-state index in [-0.39, 0.29) is 34.4 Å². The topological polar surface area (TPSA) is 102 Å². The fraction of sp³-hybridized carbons (Fsp3) is 0.312. The Bertz CT molecular complexity index is 1110. The fourth-order valence-corrected chi connectivity index (χ4v) is 6.50. The molecule has 1 saturated heterocycles. The molecule has 0 aliphatic carbocycles. The lowest BCUT2D eigenvalue weighted by molar-refractivity contribution is -0.119. The van der Waals surface area contributed by atoms with E-state index in [1.165, 1.54) is 11.3 Å². The van der Waals surface area contributed by atoms with Crippen molar-refractivity contribution < 1.29 is 17.6 Å². The summed E-state index contributed by atoms with van der Waals surface area (Å²) in [6, 6.07) is 7.42. The Morgan fingerprint density at radius 3 is 2.93 bits per heavy atom. The van der Waals surface area contributed by atoms with E-state index in [1.807, 2.05) is 24.3 Å². The second-order valence-corrected chi connectivity index (χ2v) is 10.7. The van der Waals surface area contributed by atoms with Gasteiger partial charge < -0.3 is 9.73 Å². The van der Waals surface area contributed by atoms with E-state index in [1.54, 1.807) is 0 Å². The number of fused-ring (bicyclic) bond motifs is 1. The molecule has 1 amide bonds. The van der Waals surface area contributed by atoms with E-state index < -0.39 is 9.84 Å². The maximum Gasteiger partial charge on any atom is 0.277 e. The van der Waals surface area contributed by atoms with Crippen molar-refractivity contribution in [3.8, 4) is 10.8 Å². The largest absolute Gasteiger partial charge is 0.410 e. The van der Waals surface area contributed by atoms with Crippen LogP contribution in [0.2, 0.25) is 5.02 Å². The smallest absolute Gasteiger partial charge is 0.277 e. The first kappa shape index (κ1) is 18.7. The molecule has 1 N–H and O–H groups in total. The van der Waals surface area contributed by atoms with Gasteiger partial charge in [0.1, 0.15) is 4.88 Å². The van der Waals surface area contributed by atoms with Crippen molar-refractivity contribution in [2.75, 3.05) is 17.3 Å². The predicted molar refractivity (Wildman–Crippen MR) is 106 cm³/mol. The third-order valence-electron chi connectivity index (χ3n) is 4.06. The number of hydrogen-bond donors (Lipinski definition) is 1. The van der Waals surface area contributed by atoms with E-state index in [0.717, 1.165) is 21.8 Å². The molecule has 1 aliphatic rings. The average Bonchev–Trinajstić information content (AvgIpc) is 3.31. The highest BCUT2D eigenvalue weighted by atomic mass is 35.5. The number of carbonyl (C=O) groups excluding carboxylic acids is 1. The van der Waals surface area contributed by atoms with E-state index in [4.69, 9.17) is 16.0 Å². The lowest BCUT2D eigenvalue weighted by Crippen LogP contribution is -2.36. The molecule has 0 bridgehead atoms. The number of rotatable bonds is 5. The Hall–Kier alpha value is -1.62. The molecule has 1 unspecified atom stereocenters. The summed E-state index contributed by atoms with van der Waals surface area (Å²) < 4.78 is 29.5. The first-order valence-electron chi connectivity index (χ1n) is 8.05. The second-order valence-electron chi connectivity index (χ2n) is 6.07. The molecule has 3 heterocycles. The van der Waals surface area contributed by atoms with Crippen LogP contribution in [0.15, 0.2) is 33.9 Å². The van der Waals surface area contributed by atoms with Gasteiger partial charge in [0.15, 0.2) is 9.84 Å². The molecule has 0 saturated carbocycles. The second kappa shape index (κ2) is 7.42. The number of thiophene rings is 1. The Morgan fingerprint density at radius 1 is 1.37 bits per heavy atom. The van der Waals surface area contributed by atoms with Gasteiger partial charge in [-0.2, -0.15) is 0 Å². The van der Waals surface area contributed by atoms with Gasteiger partial charge in [-0.05, 0) is 12.5 Å². The van der Waals surface area contributed by atoms with Crippen molar-refractivity contribution in [2.45, 2.75) is 17.7 Å². The third-order valence-corrected chi connectivity index (χ3v) is 8.31. The van der Waals surface area contributed by atoms with Crippen LogP contribution in [-0.2, 0) is 14.6 Å². The molecule has 1 aromatic carbocycles. The molecule has 27 heavy (non-hydrogen) atoms. The molecule has 7 nitrogen and oxygen atoms in total. The van der Waals surface area contributed by atoms with Gasteiger partial charge >= 0.3 is 0 Å². The van der Waals surface area contributed by atoms with Crippen molar-refractivity contribution >= 4 is 60.5 Å². The number of hydrogen-bond acceptors (Lipinski definition) is 8. The van der Waals surface area contributed by atoms with Gasteiger partial charge in [0.2, 0.25) is 5.91 Å². The van der Waals surface area contributed by atoms with Gasteiger partial charge in [0.25, 0.3) is 11.1 Å². The van der Waals surface area contributed by atoms with Gasteiger partial charge in [-0.1, -0.05) is 41.6 Å². The summed E-state index contributed by atoms with van der Waals surface area (Å²) in [5.41, 5.74) is 0. The van der Waals surface area contributed by atoms with Crippen molar-refractivity contribution in [1.82, 2.24) is 15.5 Å². The number of aromatic nitrogens is 2. The number of benzene rings is 1. The Balaban J connectivity index is 1.39. The summed E-state index contributed by atoms with van der Waals surface area (Å²) in [5.74, 6) is 0.234. The summed E-state index contributed by atoms with van der Waals surface area (Å²) in [7, 11) is -3.02. The number of nitrogens with zero attached hydrogens (tertiary/aromatic N) is 2. The average molecular weight is 444 g/mol. The van der Waals surface area contributed by atoms with Crippen molar-refractivity contribution in [1.29, 1.82) is 0 Å². The standard InChI is InChI=1S/C16H14ClN3O4S3/c17-13-10-3-1-2-4-11(10)26-14(13)15-19-20-16(24-15)25-7-12(21)18-9-5-6-27(22,23)8-9/h1-4,9H,5-8H2,(H,18,21). The lowest BCUT2D eigenvalue weighted by Gasteiger charge is -2.09. The summed E-state index contributed by atoms with van der Waals surface area (Å²) >= 11 is 8.97. The monoisotopic (exact) mass is 443 g/mol. The Labute approximate surface area is 168 Å². The molecule has 0 radical (unpaired) electrons. The Morgan fingerprint density at radius 2 is 2.19 bits per heavy atom. The van der Waals surface area contributed by atoms with Gasteiger partial charge in [0.05, 0.1) is 22.3 Å². The SMILES string of the molecule is O=C(CSc1nnc(-c2sc3ccccc3c2Cl)o1)NC1CCS(=O)(=O)C1. The lowest BCUT2D eigenvalue weighted by atomic mass is 10.2. The van der Waals surface area contributed by atoms with Crippen LogP contribution in [0.3, 0.4) is 0 Å². The number of amides is 1. The first-order chi connectivity index (χ1) is 12.9. The molecule has 3 aromatic rings. The minimum atomic E-state index is -3.02. The minimum Gasteiger partial charge on any atom is -0.410 e. The molecule has 4 rings (SSSR count). The van der Waals surface area contributed by atoms with Crippen LogP contribution in [0, 0.1) is 0 Å². The van der Waals surface area contributed by atoms with E-state index in [0.29, 0.717) is 22.2 Å². The molecule has 0 spiro atoms. The quantitative estimate of drug-likeness (QED) is 0.604. The highest BCUT2D eigenvalue weighted by Crippen LogP contribution is 2.41. The van der Waals surface area contributed by atoms with Crippen LogP contribution in [0.25, 0.3) is 20.9 Å². The number of nitrogens with one attached hydrogen (secondary N) is 1. The molecule has 142 valence electrons. The molecule has 1 fully saturated rings. The fourth-order valence-electron chi connectivity index (χ4n) is 2.82. The minimum absolute atomic E-state index is 0.00144. The van der Waals surface area contributed by atoms with Crippen LogP contribution in [0.5, 0.6) is 0 Å². The van der Waals surface area contributed by atoms with Crippen LogP contribution in [-0.4, -0.2) is 47.8 Å². The summed E-state index contributed by atoms with van der Waals surface area (Å²) in [6.45, 7) is 0. The van der Waals surface area contributed by atoms with E-state index in [2.05, 4.69) is 15.5 Å². The zero-order chi connectivity index (χ0) is 19.0. The van der Waals surface area contributed by atoms with Crippen LogP contribution in [0.1, 0.15) is 6.42 Å². The van der Waals surface area contributed by atoms with E-state index >= 15 is 0 Å². The summed E-state index contributed by atoms with van der Waals surface area (Å²) in [5, 5.41) is 12.4.